The van der Waals surface area contributed by atoms with Crippen molar-refractivity contribution in [3.8, 4) is 5.69 Å². The Morgan fingerprint density at radius 3 is 2.37 bits per heavy atom. The molecule has 1 aliphatic rings. The third-order valence-electron chi connectivity index (χ3n) is 6.73. The zero-order chi connectivity index (χ0) is 27.7. The number of nitrogens with zero attached hydrogens (tertiary/aromatic N) is 3. The number of carbonyl (C=O) groups excluding carboxylic acids is 2. The Bertz CT molecular complexity index is 1310. The zero-order valence-corrected chi connectivity index (χ0v) is 21.6. The van der Waals surface area contributed by atoms with E-state index in [4.69, 9.17) is 0 Å². The number of fused-ring (bicyclic) bond motifs is 1. The van der Waals surface area contributed by atoms with Gasteiger partial charge >= 0.3 is 12.2 Å². The Hall–Kier alpha value is -3.60. The van der Waals surface area contributed by atoms with E-state index in [1.54, 1.807) is 31.2 Å². The summed E-state index contributed by atoms with van der Waals surface area (Å²) < 4.78 is 43.3. The molecule has 4 rings (SSSR count). The van der Waals surface area contributed by atoms with Gasteiger partial charge in [0.2, 0.25) is 0 Å². The molecule has 2 aromatic carbocycles. The second-order valence-corrected chi connectivity index (χ2v) is 10.2. The van der Waals surface area contributed by atoms with Crippen molar-refractivity contribution in [1.82, 2.24) is 20.0 Å². The van der Waals surface area contributed by atoms with Gasteiger partial charge in [0.15, 0.2) is 0 Å². The second-order valence-electron chi connectivity index (χ2n) is 10.2. The summed E-state index contributed by atoms with van der Waals surface area (Å²) in [5.74, 6) is 0.0523. The highest BCUT2D eigenvalue weighted by Crippen LogP contribution is 2.38. The van der Waals surface area contributed by atoms with Crippen LogP contribution in [0.1, 0.15) is 56.0 Å². The van der Waals surface area contributed by atoms with Crippen LogP contribution in [0.3, 0.4) is 0 Å². The van der Waals surface area contributed by atoms with Crippen molar-refractivity contribution >= 4 is 28.5 Å². The maximum atomic E-state index is 14.0. The molecule has 1 saturated heterocycles. The number of piperidine rings is 1. The maximum Gasteiger partial charge on any atom is 0.417 e. The van der Waals surface area contributed by atoms with Crippen LogP contribution in [-0.2, 0) is 6.18 Å². The molecule has 0 spiro atoms. The van der Waals surface area contributed by atoms with Crippen LogP contribution in [0.2, 0.25) is 0 Å². The summed E-state index contributed by atoms with van der Waals surface area (Å²) in [6.07, 6.45) is -2.09. The van der Waals surface area contributed by atoms with Gasteiger partial charge < -0.3 is 20.6 Å². The van der Waals surface area contributed by atoms with Crippen LogP contribution < -0.4 is 10.6 Å². The molecule has 0 unspecified atom stereocenters. The third-order valence-corrected chi connectivity index (χ3v) is 6.73. The number of amides is 3. The monoisotopic (exact) mass is 531 g/mol. The topological polar surface area (TPSA) is 99.5 Å². The third kappa shape index (κ3) is 5.93. The number of benzene rings is 2. The number of aromatic nitrogens is 2. The van der Waals surface area contributed by atoms with Gasteiger partial charge in [-0.25, -0.2) is 9.48 Å². The summed E-state index contributed by atoms with van der Waals surface area (Å²) in [4.78, 5) is 26.5. The van der Waals surface area contributed by atoms with E-state index in [0.29, 0.717) is 56.1 Å². The van der Waals surface area contributed by atoms with Crippen molar-refractivity contribution in [2.75, 3.05) is 25.0 Å². The van der Waals surface area contributed by atoms with Crippen LogP contribution in [0.25, 0.3) is 16.6 Å². The molecule has 8 nitrogen and oxygen atoms in total. The summed E-state index contributed by atoms with van der Waals surface area (Å²) in [5.41, 5.74) is -0.736. The van der Waals surface area contributed by atoms with E-state index in [1.807, 2.05) is 13.8 Å². The van der Waals surface area contributed by atoms with E-state index in [9.17, 15) is 27.9 Å². The molecule has 204 valence electrons. The summed E-state index contributed by atoms with van der Waals surface area (Å²) in [6, 6.07) is 8.17. The van der Waals surface area contributed by atoms with Gasteiger partial charge in [0.25, 0.3) is 5.91 Å². The fourth-order valence-electron chi connectivity index (χ4n) is 4.95. The zero-order valence-electron chi connectivity index (χ0n) is 21.6. The molecule has 1 aromatic heterocycles. The van der Waals surface area contributed by atoms with Crippen molar-refractivity contribution in [2.45, 2.75) is 51.8 Å². The number of halogens is 3. The molecule has 3 amide bonds. The van der Waals surface area contributed by atoms with Crippen LogP contribution in [0, 0.1) is 5.92 Å². The Kier molecular flexibility index (Phi) is 7.68. The van der Waals surface area contributed by atoms with E-state index in [2.05, 4.69) is 15.7 Å². The number of hydrogen-bond acceptors (Lipinski definition) is 4. The fourth-order valence-corrected chi connectivity index (χ4v) is 4.95. The van der Waals surface area contributed by atoms with Crippen LogP contribution in [0.5, 0.6) is 0 Å². The first-order chi connectivity index (χ1) is 17.9. The molecular weight excluding hydrogens is 499 g/mol. The largest absolute Gasteiger partial charge is 0.417 e. The highest BCUT2D eigenvalue weighted by molar-refractivity contribution is 5.95. The van der Waals surface area contributed by atoms with Gasteiger partial charge in [-0.05, 0) is 68.5 Å². The lowest BCUT2D eigenvalue weighted by Crippen LogP contribution is -2.48. The van der Waals surface area contributed by atoms with E-state index >= 15 is 0 Å². The molecular formula is C27H32F3N5O3. The quantitative estimate of drug-likeness (QED) is 0.407. The smallest absolute Gasteiger partial charge is 0.390 e. The first kappa shape index (κ1) is 27.4. The van der Waals surface area contributed by atoms with Crippen molar-refractivity contribution in [1.29, 1.82) is 0 Å². The summed E-state index contributed by atoms with van der Waals surface area (Å²) in [5, 5.41) is 20.1. The lowest BCUT2D eigenvalue weighted by Gasteiger charge is -2.39. The van der Waals surface area contributed by atoms with Crippen LogP contribution >= 0.6 is 0 Å². The summed E-state index contributed by atoms with van der Waals surface area (Å²) in [7, 11) is 0. The SMILES string of the molecule is CCNC(=O)c1ccc(-n2ncc3c(C(F)(F)F)cc(NC(=O)N4CCC(O)(CC(C)C)CC4)cc32)cc1. The van der Waals surface area contributed by atoms with E-state index < -0.39 is 23.4 Å². The Balaban J connectivity index is 1.61. The number of rotatable bonds is 6. The van der Waals surface area contributed by atoms with Crippen molar-refractivity contribution in [3.63, 3.8) is 0 Å². The van der Waals surface area contributed by atoms with Crippen molar-refractivity contribution in [2.24, 2.45) is 5.92 Å². The number of aliphatic hydroxyl groups is 1. The lowest BCUT2D eigenvalue weighted by atomic mass is 9.84. The molecule has 0 atom stereocenters. The number of likely N-dealkylation sites (tertiary alicyclic amines) is 1. The van der Waals surface area contributed by atoms with Crippen molar-refractivity contribution in [3.05, 3.63) is 53.7 Å². The molecule has 0 bridgehead atoms. The molecule has 38 heavy (non-hydrogen) atoms. The minimum Gasteiger partial charge on any atom is -0.390 e. The fraction of sp³-hybridized carbons (Fsp3) is 0.444. The lowest BCUT2D eigenvalue weighted by molar-refractivity contribution is -0.136. The Labute approximate surface area is 218 Å². The minimum atomic E-state index is -4.67. The van der Waals surface area contributed by atoms with Crippen LogP contribution in [0.4, 0.5) is 23.7 Å². The highest BCUT2D eigenvalue weighted by atomic mass is 19.4. The predicted molar refractivity (Wildman–Crippen MR) is 138 cm³/mol. The molecule has 0 radical (unpaired) electrons. The number of nitrogens with one attached hydrogen (secondary N) is 2. The average molecular weight is 532 g/mol. The van der Waals surface area contributed by atoms with Gasteiger partial charge in [-0.1, -0.05) is 13.8 Å². The molecule has 0 saturated carbocycles. The Morgan fingerprint density at radius 2 is 1.79 bits per heavy atom. The molecule has 1 fully saturated rings. The first-order valence-electron chi connectivity index (χ1n) is 12.7. The highest BCUT2D eigenvalue weighted by Gasteiger charge is 2.36. The normalized spacial score (nSPS) is 15.6. The first-order valence-corrected chi connectivity index (χ1v) is 12.7. The van der Waals surface area contributed by atoms with Crippen LogP contribution in [-0.4, -0.2) is 57.0 Å². The number of urea groups is 1. The van der Waals surface area contributed by atoms with Crippen LogP contribution in [0.15, 0.2) is 42.6 Å². The van der Waals surface area contributed by atoms with Gasteiger partial charge in [-0.15, -0.1) is 0 Å². The Morgan fingerprint density at radius 1 is 1.13 bits per heavy atom. The van der Waals surface area contributed by atoms with Gasteiger partial charge in [0.1, 0.15) is 0 Å². The van der Waals surface area contributed by atoms with Gasteiger partial charge in [-0.2, -0.15) is 18.3 Å². The molecule has 11 heteroatoms. The molecule has 1 aliphatic heterocycles. The molecule has 3 aromatic rings. The number of hydrogen-bond donors (Lipinski definition) is 3. The van der Waals surface area contributed by atoms with Gasteiger partial charge in [-0.3, -0.25) is 4.79 Å². The van der Waals surface area contributed by atoms with E-state index in [0.717, 1.165) is 12.3 Å². The molecule has 2 heterocycles. The molecule has 0 aliphatic carbocycles. The van der Waals surface area contributed by atoms with E-state index in [-0.39, 0.29) is 22.5 Å². The summed E-state index contributed by atoms with van der Waals surface area (Å²) in [6.45, 7) is 6.92. The van der Waals surface area contributed by atoms with E-state index in [1.165, 1.54) is 15.6 Å². The maximum absolute atomic E-state index is 14.0. The number of alkyl halides is 3. The number of carbonyl (C=O) groups is 2. The van der Waals surface area contributed by atoms with Gasteiger partial charge in [0, 0.05) is 36.3 Å². The van der Waals surface area contributed by atoms with Crippen molar-refractivity contribution < 1.29 is 27.9 Å². The summed E-state index contributed by atoms with van der Waals surface area (Å²) >= 11 is 0. The number of anilines is 1. The predicted octanol–water partition coefficient (Wildman–Crippen LogP) is 5.20. The van der Waals surface area contributed by atoms with Gasteiger partial charge in [0.05, 0.1) is 28.6 Å². The second kappa shape index (κ2) is 10.6. The molecule has 3 N–H and O–H groups in total. The average Bonchev–Trinajstić information content (AvgIpc) is 3.26. The minimum absolute atomic E-state index is 0.0152. The standard InChI is InChI=1S/C27H32F3N5O3/c1-4-31-24(36)18-5-7-20(8-6-18)35-23-14-19(13-22(27(28,29)30)21(23)16-32-35)33-25(37)34-11-9-26(38,10-12-34)15-17(2)3/h5-8,13-14,16-17,38H,4,9-12,15H2,1-3H3,(H,31,36)(H,33,37).